The molecule has 1 aliphatic heterocycles. The monoisotopic (exact) mass is 345 g/mol. The van der Waals surface area contributed by atoms with Gasteiger partial charge < -0.3 is 13.7 Å². The molecule has 26 heavy (non-hydrogen) atoms. The third kappa shape index (κ3) is 2.17. The van der Waals surface area contributed by atoms with Crippen molar-refractivity contribution in [2.45, 2.75) is 19.4 Å². The Hall–Kier alpha value is -3.34. The lowest BCUT2D eigenvalue weighted by atomic mass is 10.00. The van der Waals surface area contributed by atoms with Crippen molar-refractivity contribution in [2.24, 2.45) is 0 Å². The lowest BCUT2D eigenvalue weighted by Crippen LogP contribution is -2.25. The highest BCUT2D eigenvalue weighted by Gasteiger charge is 2.22. The smallest absolute Gasteiger partial charge is 0.340 e. The van der Waals surface area contributed by atoms with E-state index in [0.717, 1.165) is 29.3 Å². The van der Waals surface area contributed by atoms with Gasteiger partial charge in [-0.1, -0.05) is 30.3 Å². The Balaban J connectivity index is 1.91. The minimum atomic E-state index is -0.538. The molecular formula is C21H15NO4. The molecule has 0 aliphatic carbocycles. The Morgan fingerprint density at radius 2 is 1.85 bits per heavy atom. The molecule has 0 spiro atoms. The van der Waals surface area contributed by atoms with Crippen LogP contribution in [0.5, 0.6) is 11.5 Å². The van der Waals surface area contributed by atoms with Crippen molar-refractivity contribution < 1.29 is 9.15 Å². The van der Waals surface area contributed by atoms with E-state index in [4.69, 9.17) is 9.15 Å². The zero-order valence-electron chi connectivity index (χ0n) is 13.9. The fourth-order valence-electron chi connectivity index (χ4n) is 3.73. The summed E-state index contributed by atoms with van der Waals surface area (Å²) in [7, 11) is 0. The van der Waals surface area contributed by atoms with Crippen molar-refractivity contribution in [2.75, 3.05) is 0 Å². The Labute approximate surface area is 148 Å². The van der Waals surface area contributed by atoms with Crippen LogP contribution in [0.1, 0.15) is 12.0 Å². The molecule has 5 heteroatoms. The molecule has 5 nitrogen and oxygen atoms in total. The normalized spacial score (nSPS) is 13.2. The van der Waals surface area contributed by atoms with E-state index in [0.29, 0.717) is 23.3 Å². The van der Waals surface area contributed by atoms with Gasteiger partial charge in [0, 0.05) is 11.9 Å². The molecule has 0 bridgehead atoms. The summed E-state index contributed by atoms with van der Waals surface area (Å²) >= 11 is 0. The van der Waals surface area contributed by atoms with Crippen molar-refractivity contribution in [1.82, 2.24) is 4.57 Å². The highest BCUT2D eigenvalue weighted by atomic mass is 16.5. The third-order valence-electron chi connectivity index (χ3n) is 4.82. The van der Waals surface area contributed by atoms with Gasteiger partial charge in [-0.05, 0) is 36.6 Å². The average molecular weight is 345 g/mol. The molecule has 0 N–H and O–H groups in total. The number of benzene rings is 2. The molecule has 3 heterocycles. The summed E-state index contributed by atoms with van der Waals surface area (Å²) < 4.78 is 13.1. The van der Waals surface area contributed by atoms with Crippen molar-refractivity contribution in [3.05, 3.63) is 80.9 Å². The summed E-state index contributed by atoms with van der Waals surface area (Å²) in [5, 5.41) is 1.08. The number of ether oxygens (including phenoxy) is 1. The van der Waals surface area contributed by atoms with Crippen LogP contribution >= 0.6 is 0 Å². The minimum Gasteiger partial charge on any atom is -0.456 e. The molecule has 4 aromatic rings. The van der Waals surface area contributed by atoms with Gasteiger partial charge in [-0.3, -0.25) is 4.79 Å². The zero-order chi connectivity index (χ0) is 17.7. The van der Waals surface area contributed by atoms with Gasteiger partial charge in [0.15, 0.2) is 11.3 Å². The average Bonchev–Trinajstić information content (AvgIpc) is 2.66. The molecule has 0 radical (unpaired) electrons. The fraction of sp³-hybridized carbons (Fsp3) is 0.143. The number of aromatic nitrogens is 1. The number of hydrogen-bond donors (Lipinski definition) is 0. The standard InChI is InChI=1S/C21H15NO4/c23-17-12-16(25-14-8-2-1-3-9-14)18-20(26-17)15-10-4-6-13-7-5-11-22(19(13)15)21(18)24/h1-4,6,8-10,12H,5,7,11H2. The quantitative estimate of drug-likeness (QED) is 0.518. The van der Waals surface area contributed by atoms with Crippen LogP contribution in [-0.4, -0.2) is 4.57 Å². The summed E-state index contributed by atoms with van der Waals surface area (Å²) in [6.45, 7) is 0.645. The summed E-state index contributed by atoms with van der Waals surface area (Å²) in [4.78, 5) is 25.4. The molecule has 0 saturated carbocycles. The first-order valence-corrected chi connectivity index (χ1v) is 8.57. The van der Waals surface area contributed by atoms with Crippen molar-refractivity contribution in [1.29, 1.82) is 0 Å². The number of para-hydroxylation sites is 2. The molecule has 0 unspecified atom stereocenters. The molecule has 0 saturated heterocycles. The van der Waals surface area contributed by atoms with E-state index in [1.807, 2.05) is 36.4 Å². The first-order chi connectivity index (χ1) is 12.7. The first kappa shape index (κ1) is 15.0. The van der Waals surface area contributed by atoms with Crippen LogP contribution in [0.25, 0.3) is 21.9 Å². The number of hydrogen-bond acceptors (Lipinski definition) is 4. The number of nitrogens with zero attached hydrogens (tertiary/aromatic N) is 1. The Morgan fingerprint density at radius 3 is 2.69 bits per heavy atom. The predicted molar refractivity (Wildman–Crippen MR) is 99.1 cm³/mol. The minimum absolute atomic E-state index is 0.186. The molecule has 2 aromatic heterocycles. The highest BCUT2D eigenvalue weighted by molar-refractivity contribution is 6.05. The van der Waals surface area contributed by atoms with E-state index in [1.54, 1.807) is 16.7 Å². The number of aryl methyl sites for hydroxylation is 2. The number of pyridine rings is 1. The van der Waals surface area contributed by atoms with Gasteiger partial charge in [0.1, 0.15) is 11.1 Å². The lowest BCUT2D eigenvalue weighted by Gasteiger charge is -2.20. The van der Waals surface area contributed by atoms with Gasteiger partial charge in [-0.2, -0.15) is 0 Å². The van der Waals surface area contributed by atoms with Gasteiger partial charge >= 0.3 is 5.63 Å². The molecule has 5 rings (SSSR count). The Morgan fingerprint density at radius 1 is 1.00 bits per heavy atom. The zero-order valence-corrected chi connectivity index (χ0v) is 13.9. The van der Waals surface area contributed by atoms with Gasteiger partial charge in [0.05, 0.1) is 11.6 Å². The Bertz CT molecular complexity index is 1270. The highest BCUT2D eigenvalue weighted by Crippen LogP contribution is 2.33. The summed E-state index contributed by atoms with van der Waals surface area (Å²) in [6.07, 6.45) is 1.82. The SMILES string of the molecule is O=c1cc(Oc2ccccc2)c2c(=O)n3c4c(cccc4c2o1)CCC3. The van der Waals surface area contributed by atoms with Crippen LogP contribution in [0.2, 0.25) is 0 Å². The van der Waals surface area contributed by atoms with Crippen LogP contribution in [0.4, 0.5) is 0 Å². The van der Waals surface area contributed by atoms with Crippen LogP contribution in [0.15, 0.2) is 68.6 Å². The second kappa shape index (κ2) is 5.59. The van der Waals surface area contributed by atoms with Gasteiger partial charge in [-0.25, -0.2) is 4.79 Å². The van der Waals surface area contributed by atoms with Gasteiger partial charge in [0.25, 0.3) is 5.56 Å². The molecule has 0 fully saturated rings. The van der Waals surface area contributed by atoms with Gasteiger partial charge in [0.2, 0.25) is 0 Å². The third-order valence-corrected chi connectivity index (χ3v) is 4.82. The maximum Gasteiger partial charge on any atom is 0.340 e. The number of rotatable bonds is 2. The molecule has 0 amide bonds. The summed E-state index contributed by atoms with van der Waals surface area (Å²) in [6, 6.07) is 16.2. The Kier molecular flexibility index (Phi) is 3.22. The van der Waals surface area contributed by atoms with E-state index in [1.165, 1.54) is 6.07 Å². The molecule has 2 aromatic carbocycles. The topological polar surface area (TPSA) is 61.4 Å². The van der Waals surface area contributed by atoms with E-state index in [9.17, 15) is 9.59 Å². The van der Waals surface area contributed by atoms with Crippen LogP contribution in [-0.2, 0) is 13.0 Å². The molecule has 0 atom stereocenters. The van der Waals surface area contributed by atoms with Crippen LogP contribution in [0.3, 0.4) is 0 Å². The van der Waals surface area contributed by atoms with Crippen LogP contribution in [0, 0.1) is 0 Å². The van der Waals surface area contributed by atoms with Gasteiger partial charge in [-0.15, -0.1) is 0 Å². The largest absolute Gasteiger partial charge is 0.456 e. The van der Waals surface area contributed by atoms with Crippen LogP contribution < -0.4 is 15.9 Å². The second-order valence-electron chi connectivity index (χ2n) is 6.42. The molecular weight excluding hydrogens is 330 g/mol. The fourth-order valence-corrected chi connectivity index (χ4v) is 3.73. The van der Waals surface area contributed by atoms with E-state index in [2.05, 4.69) is 0 Å². The summed E-state index contributed by atoms with van der Waals surface area (Å²) in [5.74, 6) is 0.792. The second-order valence-corrected chi connectivity index (χ2v) is 6.42. The first-order valence-electron chi connectivity index (χ1n) is 8.57. The van der Waals surface area contributed by atoms with E-state index >= 15 is 0 Å². The van der Waals surface area contributed by atoms with Crippen molar-refractivity contribution in [3.8, 4) is 11.5 Å². The van der Waals surface area contributed by atoms with E-state index < -0.39 is 5.63 Å². The summed E-state index contributed by atoms with van der Waals surface area (Å²) in [5.41, 5.74) is 1.53. The lowest BCUT2D eigenvalue weighted by molar-refractivity contribution is 0.473. The molecule has 128 valence electrons. The number of fused-ring (bicyclic) bond motifs is 2. The van der Waals surface area contributed by atoms with Crippen molar-refractivity contribution in [3.63, 3.8) is 0 Å². The van der Waals surface area contributed by atoms with E-state index in [-0.39, 0.29) is 11.3 Å². The molecule has 1 aliphatic rings. The maximum absolute atomic E-state index is 13.2. The van der Waals surface area contributed by atoms with Crippen molar-refractivity contribution >= 4 is 21.9 Å². The predicted octanol–water partition coefficient (Wildman–Crippen LogP) is 3.85. The maximum atomic E-state index is 13.2.